The molecule has 0 unspecified atom stereocenters. The topological polar surface area (TPSA) is 25.9 Å². The van der Waals surface area contributed by atoms with E-state index in [9.17, 15) is 4.79 Å². The van der Waals surface area contributed by atoms with Gasteiger partial charge in [0.2, 0.25) is 0 Å². The van der Waals surface area contributed by atoms with Gasteiger partial charge >= 0.3 is 0 Å². The first-order valence-electron chi connectivity index (χ1n) is 8.02. The number of para-hydroxylation sites is 2. The van der Waals surface area contributed by atoms with E-state index in [0.717, 1.165) is 32.8 Å². The number of rotatable bonds is 0. The molecule has 0 bridgehead atoms. The highest BCUT2D eigenvalue weighted by atomic mass is 16.1. The molecule has 3 aromatic heterocycles. The van der Waals surface area contributed by atoms with Gasteiger partial charge in [-0.15, -0.1) is 0 Å². The lowest BCUT2D eigenvalue weighted by molar-refractivity contribution is 1.16. The zero-order chi connectivity index (χ0) is 15.8. The van der Waals surface area contributed by atoms with E-state index < -0.39 is 0 Å². The fourth-order valence-electron chi connectivity index (χ4n) is 4.07. The van der Waals surface area contributed by atoms with Gasteiger partial charge in [0.15, 0.2) is 0 Å². The molecule has 112 valence electrons. The number of hydrogen-bond acceptors (Lipinski definition) is 1. The normalized spacial score (nSPS) is 12.3. The van der Waals surface area contributed by atoms with Crippen molar-refractivity contribution in [1.82, 2.24) is 8.80 Å². The zero-order valence-electron chi connectivity index (χ0n) is 12.7. The second-order valence-electron chi connectivity index (χ2n) is 6.26. The molecule has 3 nitrogen and oxygen atoms in total. The van der Waals surface area contributed by atoms with Crippen molar-refractivity contribution in [3.8, 4) is 0 Å². The maximum absolute atomic E-state index is 13.1. The summed E-state index contributed by atoms with van der Waals surface area (Å²) in [5.74, 6) is 0. The van der Waals surface area contributed by atoms with Crippen molar-refractivity contribution in [1.29, 1.82) is 0 Å². The second-order valence-corrected chi connectivity index (χ2v) is 6.26. The van der Waals surface area contributed by atoms with E-state index in [2.05, 4.69) is 40.8 Å². The predicted molar refractivity (Wildman–Crippen MR) is 98.3 cm³/mol. The maximum Gasteiger partial charge on any atom is 0.264 e. The fourth-order valence-corrected chi connectivity index (χ4v) is 4.07. The van der Waals surface area contributed by atoms with Crippen LogP contribution in [0.2, 0.25) is 0 Å². The third-order valence-corrected chi connectivity index (χ3v) is 5.08. The second kappa shape index (κ2) is 3.95. The molecular formula is C21H12N2O. The first-order valence-corrected chi connectivity index (χ1v) is 8.02. The van der Waals surface area contributed by atoms with Gasteiger partial charge in [0, 0.05) is 22.4 Å². The Morgan fingerprint density at radius 2 is 1.33 bits per heavy atom. The minimum absolute atomic E-state index is 0.0286. The lowest BCUT2D eigenvalue weighted by atomic mass is 10.1. The van der Waals surface area contributed by atoms with Crippen LogP contribution >= 0.6 is 0 Å². The summed E-state index contributed by atoms with van der Waals surface area (Å²) in [6.45, 7) is 0. The van der Waals surface area contributed by atoms with Crippen LogP contribution in [0.25, 0.3) is 43.6 Å². The monoisotopic (exact) mass is 308 g/mol. The molecule has 0 atom stereocenters. The van der Waals surface area contributed by atoms with Gasteiger partial charge in [-0.05, 0) is 24.3 Å². The van der Waals surface area contributed by atoms with E-state index in [1.54, 1.807) is 4.40 Å². The molecule has 3 aromatic carbocycles. The molecule has 3 heterocycles. The number of hydrogen-bond donors (Lipinski definition) is 0. The van der Waals surface area contributed by atoms with Crippen molar-refractivity contribution in [2.45, 2.75) is 0 Å². The molecule has 0 saturated carbocycles. The molecule has 3 heteroatoms. The van der Waals surface area contributed by atoms with Gasteiger partial charge in [0.25, 0.3) is 5.56 Å². The van der Waals surface area contributed by atoms with Gasteiger partial charge in [-0.3, -0.25) is 9.20 Å². The zero-order valence-corrected chi connectivity index (χ0v) is 12.7. The molecule has 0 saturated heterocycles. The Morgan fingerprint density at radius 1 is 0.625 bits per heavy atom. The molecule has 6 rings (SSSR count). The van der Waals surface area contributed by atoms with Crippen molar-refractivity contribution >= 4 is 43.6 Å². The fraction of sp³-hybridized carbons (Fsp3) is 0. The van der Waals surface area contributed by atoms with E-state index in [1.165, 1.54) is 10.8 Å². The van der Waals surface area contributed by atoms with Crippen LogP contribution in [-0.4, -0.2) is 8.80 Å². The SMILES string of the molecule is O=c1c2ccccc2n2c3ccccc3c3ccc4ccn1c4c32. The number of aromatic nitrogens is 2. The molecule has 0 radical (unpaired) electrons. The summed E-state index contributed by atoms with van der Waals surface area (Å²) in [6, 6.07) is 22.6. The summed E-state index contributed by atoms with van der Waals surface area (Å²) >= 11 is 0. The standard InChI is InChI=1S/C21H12N2O/c24-21-16-6-2-4-8-18(16)23-17-7-3-1-5-14(17)15-10-9-13-11-12-22(21)19(13)20(15)23/h1-12H. The van der Waals surface area contributed by atoms with E-state index in [-0.39, 0.29) is 5.56 Å². The van der Waals surface area contributed by atoms with Crippen molar-refractivity contribution < 1.29 is 0 Å². The van der Waals surface area contributed by atoms with Gasteiger partial charge in [0.1, 0.15) is 0 Å². The molecule has 0 aliphatic heterocycles. The highest BCUT2D eigenvalue weighted by Gasteiger charge is 2.17. The van der Waals surface area contributed by atoms with Gasteiger partial charge in [0.05, 0.1) is 27.5 Å². The Labute approximate surface area is 136 Å². The summed E-state index contributed by atoms with van der Waals surface area (Å²) in [5, 5.41) is 4.22. The Kier molecular flexibility index (Phi) is 2.00. The van der Waals surface area contributed by atoms with Crippen molar-refractivity contribution in [2.75, 3.05) is 0 Å². The van der Waals surface area contributed by atoms with Gasteiger partial charge in [-0.1, -0.05) is 42.5 Å². The summed E-state index contributed by atoms with van der Waals surface area (Å²) in [6.07, 6.45) is 1.89. The summed E-state index contributed by atoms with van der Waals surface area (Å²) in [7, 11) is 0. The number of nitrogens with zero attached hydrogens (tertiary/aromatic N) is 2. The van der Waals surface area contributed by atoms with Crippen LogP contribution in [0.3, 0.4) is 0 Å². The van der Waals surface area contributed by atoms with Crippen LogP contribution in [0.4, 0.5) is 0 Å². The highest BCUT2D eigenvalue weighted by Crippen LogP contribution is 2.35. The van der Waals surface area contributed by atoms with E-state index in [0.29, 0.717) is 0 Å². The quantitative estimate of drug-likeness (QED) is 0.407. The Bertz CT molecular complexity index is 1470. The number of fused-ring (bicyclic) bond motifs is 5. The third-order valence-electron chi connectivity index (χ3n) is 5.08. The largest absolute Gasteiger partial charge is 0.306 e. The third kappa shape index (κ3) is 1.24. The summed E-state index contributed by atoms with van der Waals surface area (Å²) in [4.78, 5) is 13.1. The van der Waals surface area contributed by atoms with Crippen LogP contribution in [-0.2, 0) is 0 Å². The van der Waals surface area contributed by atoms with Crippen LogP contribution in [0.5, 0.6) is 0 Å². The smallest absolute Gasteiger partial charge is 0.264 e. The van der Waals surface area contributed by atoms with Crippen LogP contribution in [0, 0.1) is 0 Å². The summed E-state index contributed by atoms with van der Waals surface area (Å²) in [5.41, 5.74) is 4.21. The maximum atomic E-state index is 13.1. The van der Waals surface area contributed by atoms with E-state index >= 15 is 0 Å². The van der Waals surface area contributed by atoms with Crippen LogP contribution in [0.15, 0.2) is 77.7 Å². The lowest BCUT2D eigenvalue weighted by Gasteiger charge is -1.99. The van der Waals surface area contributed by atoms with E-state index in [1.807, 2.05) is 36.5 Å². The minimum atomic E-state index is 0.0286. The molecule has 0 amide bonds. The molecule has 0 fully saturated rings. The molecule has 24 heavy (non-hydrogen) atoms. The first-order chi connectivity index (χ1) is 11.8. The number of benzene rings is 3. The van der Waals surface area contributed by atoms with Crippen LogP contribution < -0.4 is 5.56 Å². The average molecular weight is 308 g/mol. The van der Waals surface area contributed by atoms with E-state index in [4.69, 9.17) is 0 Å². The predicted octanol–water partition coefficient (Wildman–Crippen LogP) is 4.45. The minimum Gasteiger partial charge on any atom is -0.306 e. The van der Waals surface area contributed by atoms with Crippen molar-refractivity contribution in [3.05, 3.63) is 83.3 Å². The lowest BCUT2D eigenvalue weighted by Crippen LogP contribution is -2.08. The molecule has 0 spiro atoms. The van der Waals surface area contributed by atoms with Crippen molar-refractivity contribution in [3.63, 3.8) is 0 Å². The average Bonchev–Trinajstić information content (AvgIpc) is 3.17. The Hall–Kier alpha value is -3.33. The molecule has 0 N–H and O–H groups in total. The molecule has 6 aromatic rings. The van der Waals surface area contributed by atoms with Crippen molar-refractivity contribution in [2.24, 2.45) is 0 Å². The summed E-state index contributed by atoms with van der Waals surface area (Å²) < 4.78 is 4.03. The molecule has 0 aliphatic rings. The van der Waals surface area contributed by atoms with Gasteiger partial charge in [-0.2, -0.15) is 0 Å². The highest BCUT2D eigenvalue weighted by molar-refractivity contribution is 6.18. The molecule has 0 aliphatic carbocycles. The Balaban J connectivity index is 2.22. The van der Waals surface area contributed by atoms with Crippen LogP contribution in [0.1, 0.15) is 0 Å². The Morgan fingerprint density at radius 3 is 2.17 bits per heavy atom. The first kappa shape index (κ1) is 12.1. The molecular weight excluding hydrogens is 296 g/mol. The van der Waals surface area contributed by atoms with Gasteiger partial charge < -0.3 is 4.40 Å². The van der Waals surface area contributed by atoms with Gasteiger partial charge in [-0.25, -0.2) is 0 Å².